The van der Waals surface area contributed by atoms with Crippen molar-refractivity contribution in [2.24, 2.45) is 0 Å². The number of hydrogen-bond acceptors (Lipinski definition) is 4. The standard InChI is InChI=1S/C12H16O4.Na/c1-16-11-4-2-3-9(8-11)7-10(13)5-6-12(14)15;/h2-4,8,10,13H,5-7H2,1H3,(H,14,15);/q;+1/p-1. The number of benzene rings is 1. The molecule has 0 radical (unpaired) electrons. The van der Waals surface area contributed by atoms with Crippen molar-refractivity contribution >= 4 is 5.97 Å². The molecule has 1 aromatic carbocycles. The number of rotatable bonds is 6. The smallest absolute Gasteiger partial charge is 0.550 e. The summed E-state index contributed by atoms with van der Waals surface area (Å²) in [5.74, 6) is -0.408. The van der Waals surface area contributed by atoms with Crippen LogP contribution in [0.3, 0.4) is 0 Å². The minimum absolute atomic E-state index is 0. The maximum absolute atomic E-state index is 10.2. The van der Waals surface area contributed by atoms with Crippen LogP contribution >= 0.6 is 0 Å². The van der Waals surface area contributed by atoms with Gasteiger partial charge in [0.05, 0.1) is 13.2 Å². The number of aliphatic hydroxyl groups is 1. The summed E-state index contributed by atoms with van der Waals surface area (Å²) in [6, 6.07) is 7.34. The first-order valence-electron chi connectivity index (χ1n) is 5.12. The second-order valence-electron chi connectivity index (χ2n) is 3.62. The molecule has 88 valence electrons. The molecule has 0 aliphatic rings. The Labute approximate surface area is 123 Å². The van der Waals surface area contributed by atoms with Crippen LogP contribution in [0.15, 0.2) is 24.3 Å². The summed E-state index contributed by atoms with van der Waals surface area (Å²) >= 11 is 0. The van der Waals surface area contributed by atoms with Crippen molar-refractivity contribution in [3.63, 3.8) is 0 Å². The fourth-order valence-electron chi connectivity index (χ4n) is 1.46. The van der Waals surface area contributed by atoms with E-state index in [0.717, 1.165) is 11.3 Å². The van der Waals surface area contributed by atoms with Gasteiger partial charge in [-0.15, -0.1) is 0 Å². The monoisotopic (exact) mass is 246 g/mol. The molecule has 0 amide bonds. The molecule has 0 saturated heterocycles. The summed E-state index contributed by atoms with van der Waals surface area (Å²) in [7, 11) is 1.58. The molecule has 0 heterocycles. The van der Waals surface area contributed by atoms with Gasteiger partial charge in [0.2, 0.25) is 0 Å². The van der Waals surface area contributed by atoms with Crippen LogP contribution in [0.1, 0.15) is 18.4 Å². The number of carboxylic acid groups (broad SMARTS) is 1. The van der Waals surface area contributed by atoms with Crippen molar-refractivity contribution in [3.8, 4) is 5.75 Å². The van der Waals surface area contributed by atoms with Gasteiger partial charge in [-0.05, 0) is 37.0 Å². The molecule has 1 atom stereocenters. The van der Waals surface area contributed by atoms with Gasteiger partial charge in [-0.1, -0.05) is 12.1 Å². The van der Waals surface area contributed by atoms with Crippen LogP contribution in [-0.2, 0) is 11.2 Å². The van der Waals surface area contributed by atoms with Crippen LogP contribution < -0.4 is 39.4 Å². The SMILES string of the molecule is COc1cccc(CC(O)CCC(=O)[O-])c1.[Na+]. The maximum Gasteiger partial charge on any atom is 1.00 e. The van der Waals surface area contributed by atoms with Gasteiger partial charge >= 0.3 is 29.6 Å². The van der Waals surface area contributed by atoms with Crippen LogP contribution in [0.5, 0.6) is 5.75 Å². The number of carbonyl (C=O) groups excluding carboxylic acids is 1. The molecule has 0 bridgehead atoms. The molecule has 1 rings (SSSR count). The molecule has 4 nitrogen and oxygen atoms in total. The molecule has 0 aliphatic carbocycles. The molecule has 0 fully saturated rings. The number of aliphatic hydroxyl groups excluding tert-OH is 1. The van der Waals surface area contributed by atoms with Gasteiger partial charge in [-0.3, -0.25) is 0 Å². The van der Waals surface area contributed by atoms with Gasteiger partial charge in [0, 0.05) is 5.97 Å². The largest absolute Gasteiger partial charge is 1.00 e. The molecule has 0 aliphatic heterocycles. The fourth-order valence-corrected chi connectivity index (χ4v) is 1.46. The quantitative estimate of drug-likeness (QED) is 0.548. The van der Waals surface area contributed by atoms with Gasteiger partial charge in [0.25, 0.3) is 0 Å². The zero-order chi connectivity index (χ0) is 12.0. The third kappa shape index (κ3) is 6.68. The van der Waals surface area contributed by atoms with E-state index in [1.54, 1.807) is 7.11 Å². The maximum atomic E-state index is 10.2. The Hall–Kier alpha value is -0.550. The van der Waals surface area contributed by atoms with Crippen LogP contribution in [0.25, 0.3) is 0 Å². The fraction of sp³-hybridized carbons (Fsp3) is 0.417. The Kier molecular flexibility index (Phi) is 8.25. The van der Waals surface area contributed by atoms with Gasteiger partial charge in [-0.25, -0.2) is 0 Å². The zero-order valence-electron chi connectivity index (χ0n) is 10.2. The van der Waals surface area contributed by atoms with E-state index in [-0.39, 0.29) is 42.4 Å². The van der Waals surface area contributed by atoms with E-state index in [0.29, 0.717) is 6.42 Å². The van der Waals surface area contributed by atoms with E-state index in [2.05, 4.69) is 0 Å². The van der Waals surface area contributed by atoms with E-state index < -0.39 is 12.1 Å². The molecule has 0 saturated carbocycles. The number of hydrogen-bond donors (Lipinski definition) is 1. The zero-order valence-corrected chi connectivity index (χ0v) is 12.2. The van der Waals surface area contributed by atoms with E-state index in [9.17, 15) is 15.0 Å². The summed E-state index contributed by atoms with van der Waals surface area (Å²) < 4.78 is 5.05. The first kappa shape index (κ1) is 16.4. The number of methoxy groups -OCH3 is 1. The Morgan fingerprint density at radius 2 is 2.24 bits per heavy atom. The minimum atomic E-state index is -1.13. The second-order valence-corrected chi connectivity index (χ2v) is 3.62. The number of carbonyl (C=O) groups is 1. The van der Waals surface area contributed by atoms with Crippen LogP contribution in [0, 0.1) is 0 Å². The molecular weight excluding hydrogens is 231 g/mol. The van der Waals surface area contributed by atoms with Crippen molar-refractivity contribution in [1.29, 1.82) is 0 Å². The third-order valence-corrected chi connectivity index (χ3v) is 2.29. The van der Waals surface area contributed by atoms with E-state index >= 15 is 0 Å². The molecule has 1 unspecified atom stereocenters. The Morgan fingerprint density at radius 3 is 2.82 bits per heavy atom. The topological polar surface area (TPSA) is 69.6 Å². The Morgan fingerprint density at radius 1 is 1.53 bits per heavy atom. The van der Waals surface area contributed by atoms with Gasteiger partial charge in [0.1, 0.15) is 5.75 Å². The summed E-state index contributed by atoms with van der Waals surface area (Å²) in [5.41, 5.74) is 0.921. The van der Waals surface area contributed by atoms with E-state index in [1.807, 2.05) is 24.3 Å². The van der Waals surface area contributed by atoms with Gasteiger partial charge in [0.15, 0.2) is 0 Å². The number of carboxylic acids is 1. The molecule has 1 aromatic rings. The van der Waals surface area contributed by atoms with Crippen molar-refractivity contribution in [1.82, 2.24) is 0 Å². The van der Waals surface area contributed by atoms with Crippen LogP contribution in [0.4, 0.5) is 0 Å². The predicted octanol–water partition coefficient (Wildman–Crippen LogP) is -2.87. The molecular formula is C12H15NaO4. The van der Waals surface area contributed by atoms with Crippen molar-refractivity contribution in [2.45, 2.75) is 25.4 Å². The molecule has 0 spiro atoms. The van der Waals surface area contributed by atoms with Crippen molar-refractivity contribution < 1.29 is 49.3 Å². The molecule has 0 aromatic heterocycles. The van der Waals surface area contributed by atoms with E-state index in [1.165, 1.54) is 0 Å². The Bertz CT molecular complexity index is 354. The van der Waals surface area contributed by atoms with Crippen molar-refractivity contribution in [2.75, 3.05) is 7.11 Å². The van der Waals surface area contributed by atoms with Gasteiger partial charge in [-0.2, -0.15) is 0 Å². The molecule has 17 heavy (non-hydrogen) atoms. The molecule has 1 N–H and O–H groups in total. The minimum Gasteiger partial charge on any atom is -0.550 e. The summed E-state index contributed by atoms with van der Waals surface area (Å²) in [6.07, 6.45) is -0.153. The predicted molar refractivity (Wildman–Crippen MR) is 56.9 cm³/mol. The first-order valence-corrected chi connectivity index (χ1v) is 5.12. The van der Waals surface area contributed by atoms with Crippen LogP contribution in [-0.4, -0.2) is 24.3 Å². The van der Waals surface area contributed by atoms with Gasteiger partial charge < -0.3 is 19.7 Å². The summed E-state index contributed by atoms with van der Waals surface area (Å²) in [5, 5.41) is 19.8. The number of aliphatic carboxylic acids is 1. The number of ether oxygens (including phenoxy) is 1. The second kappa shape index (κ2) is 8.53. The first-order chi connectivity index (χ1) is 7.61. The Balaban J connectivity index is 0.00000256. The average molecular weight is 246 g/mol. The normalized spacial score (nSPS) is 11.4. The molecule has 5 heteroatoms. The third-order valence-electron chi connectivity index (χ3n) is 2.29. The van der Waals surface area contributed by atoms with Crippen molar-refractivity contribution in [3.05, 3.63) is 29.8 Å². The van der Waals surface area contributed by atoms with Crippen LogP contribution in [0.2, 0.25) is 0 Å². The van der Waals surface area contributed by atoms with E-state index in [4.69, 9.17) is 4.74 Å². The average Bonchev–Trinajstić information content (AvgIpc) is 2.26. The summed E-state index contributed by atoms with van der Waals surface area (Å²) in [4.78, 5) is 10.2. The summed E-state index contributed by atoms with van der Waals surface area (Å²) in [6.45, 7) is 0.